The average Bonchev–Trinajstić information content (AvgIpc) is 3.31. The van der Waals surface area contributed by atoms with Crippen molar-refractivity contribution < 1.29 is 4.39 Å². The van der Waals surface area contributed by atoms with E-state index >= 15 is 0 Å². The molecular formula is C22H20ClFN6S. The summed E-state index contributed by atoms with van der Waals surface area (Å²) in [5, 5.41) is 16.0. The first-order chi connectivity index (χ1) is 15.0. The first-order valence-electron chi connectivity index (χ1n) is 9.59. The molecule has 0 fully saturated rings. The van der Waals surface area contributed by atoms with Crippen LogP contribution < -0.4 is 10.6 Å². The zero-order valence-corrected chi connectivity index (χ0v) is 18.3. The molecule has 4 aromatic rings. The van der Waals surface area contributed by atoms with Crippen molar-refractivity contribution >= 4 is 40.4 Å². The quantitative estimate of drug-likeness (QED) is 0.397. The molecule has 0 unspecified atom stereocenters. The highest BCUT2D eigenvalue weighted by Gasteiger charge is 2.10. The van der Waals surface area contributed by atoms with Crippen LogP contribution in [0.1, 0.15) is 16.8 Å². The van der Waals surface area contributed by atoms with E-state index in [0.29, 0.717) is 34.6 Å². The highest BCUT2D eigenvalue weighted by molar-refractivity contribution is 7.80. The summed E-state index contributed by atoms with van der Waals surface area (Å²) >= 11 is 11.6. The molecule has 9 heteroatoms. The fraction of sp³-hybridized carbons (Fsp3) is 0.136. The first-order valence-corrected chi connectivity index (χ1v) is 10.4. The molecule has 0 bridgehead atoms. The molecule has 2 aromatic carbocycles. The third-order valence-corrected chi connectivity index (χ3v) is 5.25. The van der Waals surface area contributed by atoms with Crippen molar-refractivity contribution in [2.24, 2.45) is 0 Å². The minimum absolute atomic E-state index is 0.252. The Labute approximate surface area is 189 Å². The fourth-order valence-corrected chi connectivity index (χ4v) is 3.53. The van der Waals surface area contributed by atoms with E-state index in [1.165, 1.54) is 6.07 Å². The molecule has 0 aliphatic heterocycles. The number of halogens is 2. The lowest BCUT2D eigenvalue weighted by Crippen LogP contribution is -2.19. The standard InChI is InChI=1S/C22H20ClFN6S/c1-15-10-21(28-30(15)13-17-7-3-5-9-20(17)24)27-22(31)26-18-11-25-29(14-18)12-16-6-2-4-8-19(16)23/h2-11,14H,12-13H2,1H3,(H2,26,27,28,31). The summed E-state index contributed by atoms with van der Waals surface area (Å²) < 4.78 is 17.4. The lowest BCUT2D eigenvalue weighted by Gasteiger charge is -2.07. The smallest absolute Gasteiger partial charge is 0.176 e. The number of nitrogens with zero attached hydrogens (tertiary/aromatic N) is 4. The Morgan fingerprint density at radius 3 is 2.58 bits per heavy atom. The molecule has 0 spiro atoms. The van der Waals surface area contributed by atoms with Crippen molar-refractivity contribution in [1.82, 2.24) is 19.6 Å². The van der Waals surface area contributed by atoms with Crippen LogP contribution in [0.25, 0.3) is 0 Å². The van der Waals surface area contributed by atoms with Gasteiger partial charge in [0.05, 0.1) is 25.0 Å². The van der Waals surface area contributed by atoms with Crippen LogP contribution in [0.15, 0.2) is 67.0 Å². The van der Waals surface area contributed by atoms with Crippen LogP contribution in [-0.2, 0) is 13.1 Å². The predicted molar refractivity (Wildman–Crippen MR) is 125 cm³/mol. The monoisotopic (exact) mass is 454 g/mol. The van der Waals surface area contributed by atoms with E-state index in [1.807, 2.05) is 43.5 Å². The molecule has 31 heavy (non-hydrogen) atoms. The third kappa shape index (κ3) is 5.28. The zero-order chi connectivity index (χ0) is 21.8. The molecule has 0 radical (unpaired) electrons. The van der Waals surface area contributed by atoms with E-state index in [4.69, 9.17) is 23.8 Å². The largest absolute Gasteiger partial charge is 0.330 e. The van der Waals surface area contributed by atoms with Crippen molar-refractivity contribution in [3.05, 3.63) is 94.7 Å². The molecule has 0 atom stereocenters. The number of aromatic nitrogens is 4. The molecule has 0 aliphatic carbocycles. The molecule has 6 nitrogen and oxygen atoms in total. The van der Waals surface area contributed by atoms with E-state index in [-0.39, 0.29) is 5.82 Å². The second kappa shape index (κ2) is 9.28. The van der Waals surface area contributed by atoms with E-state index < -0.39 is 0 Å². The van der Waals surface area contributed by atoms with Crippen LogP contribution in [-0.4, -0.2) is 24.7 Å². The van der Waals surface area contributed by atoms with Crippen molar-refractivity contribution in [1.29, 1.82) is 0 Å². The van der Waals surface area contributed by atoms with E-state index in [2.05, 4.69) is 20.8 Å². The molecule has 2 heterocycles. The van der Waals surface area contributed by atoms with Crippen molar-refractivity contribution in [3.8, 4) is 0 Å². The maximum Gasteiger partial charge on any atom is 0.176 e. The molecule has 0 amide bonds. The molecule has 4 rings (SSSR count). The number of rotatable bonds is 6. The highest BCUT2D eigenvalue weighted by atomic mass is 35.5. The van der Waals surface area contributed by atoms with Gasteiger partial charge < -0.3 is 10.6 Å². The lowest BCUT2D eigenvalue weighted by molar-refractivity contribution is 0.581. The Morgan fingerprint density at radius 1 is 1.06 bits per heavy atom. The summed E-state index contributed by atoms with van der Waals surface area (Å²) in [5.74, 6) is 0.327. The molecular weight excluding hydrogens is 435 g/mol. The number of anilines is 2. The minimum atomic E-state index is -0.252. The minimum Gasteiger partial charge on any atom is -0.330 e. The molecule has 0 saturated carbocycles. The van der Waals surface area contributed by atoms with Gasteiger partial charge in [0.25, 0.3) is 0 Å². The number of nitrogens with one attached hydrogen (secondary N) is 2. The van der Waals surface area contributed by atoms with Crippen LogP contribution in [0.2, 0.25) is 5.02 Å². The number of thiocarbonyl (C=S) groups is 1. The van der Waals surface area contributed by atoms with Crippen LogP contribution >= 0.6 is 23.8 Å². The second-order valence-electron chi connectivity index (χ2n) is 7.02. The number of hydrogen-bond donors (Lipinski definition) is 2. The molecule has 2 N–H and O–H groups in total. The Kier molecular flexibility index (Phi) is 6.29. The highest BCUT2D eigenvalue weighted by Crippen LogP contribution is 2.17. The van der Waals surface area contributed by atoms with Gasteiger partial charge in [-0.15, -0.1) is 0 Å². The Morgan fingerprint density at radius 2 is 1.81 bits per heavy atom. The average molecular weight is 455 g/mol. The van der Waals surface area contributed by atoms with Crippen molar-refractivity contribution in [2.75, 3.05) is 10.6 Å². The van der Waals surface area contributed by atoms with Gasteiger partial charge in [-0.2, -0.15) is 10.2 Å². The van der Waals surface area contributed by atoms with Gasteiger partial charge in [0.15, 0.2) is 10.9 Å². The topological polar surface area (TPSA) is 59.7 Å². The Balaban J connectivity index is 1.37. The van der Waals surface area contributed by atoms with E-state index in [1.54, 1.807) is 33.8 Å². The van der Waals surface area contributed by atoms with E-state index in [9.17, 15) is 4.39 Å². The molecule has 0 aliphatic rings. The summed E-state index contributed by atoms with van der Waals surface area (Å²) in [7, 11) is 0. The SMILES string of the molecule is Cc1cc(NC(=S)Nc2cnn(Cc3ccccc3Cl)c2)nn1Cc1ccccc1F. The van der Waals surface area contributed by atoms with Gasteiger partial charge in [-0.1, -0.05) is 48.0 Å². The number of aryl methyl sites for hydroxylation is 1. The summed E-state index contributed by atoms with van der Waals surface area (Å²) in [4.78, 5) is 0. The Bertz CT molecular complexity index is 1220. The summed E-state index contributed by atoms with van der Waals surface area (Å²) in [6.07, 6.45) is 3.53. The van der Waals surface area contributed by atoms with Gasteiger partial charge in [-0.3, -0.25) is 9.36 Å². The van der Waals surface area contributed by atoms with Gasteiger partial charge in [0.1, 0.15) is 5.82 Å². The van der Waals surface area contributed by atoms with Gasteiger partial charge in [-0.25, -0.2) is 4.39 Å². The lowest BCUT2D eigenvalue weighted by atomic mass is 10.2. The summed E-state index contributed by atoms with van der Waals surface area (Å²) in [5.41, 5.74) is 3.19. The van der Waals surface area contributed by atoms with Crippen molar-refractivity contribution in [2.45, 2.75) is 20.0 Å². The summed E-state index contributed by atoms with van der Waals surface area (Å²) in [6.45, 7) is 2.81. The van der Waals surface area contributed by atoms with Gasteiger partial charge in [-0.05, 0) is 36.8 Å². The van der Waals surface area contributed by atoms with Crippen LogP contribution in [0.4, 0.5) is 15.9 Å². The van der Waals surface area contributed by atoms with Gasteiger partial charge in [0, 0.05) is 28.5 Å². The third-order valence-electron chi connectivity index (χ3n) is 4.68. The maximum atomic E-state index is 13.9. The van der Waals surface area contributed by atoms with Crippen LogP contribution in [0.3, 0.4) is 0 Å². The predicted octanol–water partition coefficient (Wildman–Crippen LogP) is 5.09. The van der Waals surface area contributed by atoms with E-state index in [0.717, 1.165) is 16.9 Å². The van der Waals surface area contributed by atoms with Gasteiger partial charge in [0.2, 0.25) is 0 Å². The van der Waals surface area contributed by atoms with Crippen LogP contribution in [0.5, 0.6) is 0 Å². The maximum absolute atomic E-state index is 13.9. The van der Waals surface area contributed by atoms with Crippen LogP contribution in [0, 0.1) is 12.7 Å². The Hall–Kier alpha value is -3.23. The number of benzene rings is 2. The fourth-order valence-electron chi connectivity index (χ4n) is 3.11. The molecule has 158 valence electrons. The molecule has 0 saturated heterocycles. The summed E-state index contributed by atoms with van der Waals surface area (Å²) in [6, 6.07) is 16.2. The first kappa shape index (κ1) is 21.0. The van der Waals surface area contributed by atoms with Crippen molar-refractivity contribution in [3.63, 3.8) is 0 Å². The number of hydrogen-bond acceptors (Lipinski definition) is 3. The second-order valence-corrected chi connectivity index (χ2v) is 7.83. The zero-order valence-electron chi connectivity index (χ0n) is 16.7. The van der Waals surface area contributed by atoms with Gasteiger partial charge >= 0.3 is 0 Å². The normalized spacial score (nSPS) is 10.8. The molecule has 2 aromatic heterocycles.